The largest absolute Gasteiger partial charge is 0.325 e. The van der Waals surface area contributed by atoms with Crippen molar-refractivity contribution in [3.05, 3.63) is 47.4 Å². The van der Waals surface area contributed by atoms with Crippen molar-refractivity contribution in [1.29, 1.82) is 5.26 Å². The number of nitrogens with one attached hydrogen (secondary N) is 1. The maximum absolute atomic E-state index is 12.0. The van der Waals surface area contributed by atoms with Gasteiger partial charge in [0.15, 0.2) is 0 Å². The summed E-state index contributed by atoms with van der Waals surface area (Å²) in [6.45, 7) is 0. The topological polar surface area (TPSA) is 78.7 Å². The highest BCUT2D eigenvalue weighted by atomic mass is 32.2. The molecule has 1 amide bonds. The number of carbonyl (C=O) groups excluding carboxylic acids is 1. The van der Waals surface area contributed by atoms with Gasteiger partial charge < -0.3 is 5.32 Å². The minimum atomic E-state index is -0.0599. The molecule has 3 rings (SSSR count). The van der Waals surface area contributed by atoms with Crippen LogP contribution in [-0.4, -0.2) is 21.6 Å². The Kier molecular flexibility index (Phi) is 6.62. The third kappa shape index (κ3) is 5.06. The summed E-state index contributed by atoms with van der Waals surface area (Å²) >= 11 is 1.49. The Bertz CT molecular complexity index is 801. The quantitative estimate of drug-likeness (QED) is 0.805. The molecule has 0 fully saturated rings. The molecule has 1 N–H and O–H groups in total. The first-order valence-electron chi connectivity index (χ1n) is 9.02. The molecule has 6 heteroatoms. The number of rotatable bonds is 5. The minimum absolute atomic E-state index is 0.0599. The molecule has 2 aromatic rings. The van der Waals surface area contributed by atoms with Gasteiger partial charge in [-0.2, -0.15) is 5.26 Å². The van der Waals surface area contributed by atoms with Crippen LogP contribution in [0.5, 0.6) is 0 Å². The van der Waals surface area contributed by atoms with Gasteiger partial charge >= 0.3 is 0 Å². The van der Waals surface area contributed by atoms with E-state index < -0.39 is 0 Å². The van der Waals surface area contributed by atoms with Crippen molar-refractivity contribution in [2.24, 2.45) is 0 Å². The molecule has 0 saturated heterocycles. The van der Waals surface area contributed by atoms with Crippen molar-refractivity contribution in [3.63, 3.8) is 0 Å². The molecular formula is C20H22N4OS. The van der Waals surface area contributed by atoms with Crippen molar-refractivity contribution < 1.29 is 4.79 Å². The number of nitriles is 1. The molecule has 26 heavy (non-hydrogen) atoms. The molecule has 0 atom stereocenters. The Balaban J connectivity index is 1.61. The van der Waals surface area contributed by atoms with Crippen LogP contribution in [-0.2, 0) is 17.6 Å². The number of fused-ring (bicyclic) bond motifs is 1. The average Bonchev–Trinajstić information content (AvgIpc) is 2.63. The highest BCUT2D eigenvalue weighted by molar-refractivity contribution is 7.99. The fraction of sp³-hybridized carbons (Fsp3) is 0.400. The summed E-state index contributed by atoms with van der Waals surface area (Å²) in [5, 5.41) is 13.0. The number of anilines is 1. The van der Waals surface area contributed by atoms with Crippen LogP contribution in [0, 0.1) is 11.3 Å². The Hall–Kier alpha value is -2.39. The van der Waals surface area contributed by atoms with Crippen LogP contribution < -0.4 is 5.32 Å². The number of carbonyl (C=O) groups is 1. The maximum atomic E-state index is 12.0. The summed E-state index contributed by atoms with van der Waals surface area (Å²) in [6, 6.07) is 7.86. The van der Waals surface area contributed by atoms with Crippen LogP contribution in [0.1, 0.15) is 48.9 Å². The smallest absolute Gasteiger partial charge is 0.225 e. The lowest BCUT2D eigenvalue weighted by atomic mass is 9.96. The van der Waals surface area contributed by atoms with Crippen LogP contribution in [0.25, 0.3) is 0 Å². The maximum Gasteiger partial charge on any atom is 0.225 e. The van der Waals surface area contributed by atoms with E-state index in [4.69, 9.17) is 4.98 Å². The average molecular weight is 366 g/mol. The SMILES string of the molecule is N#Cc1cc2c(nc1SCCC(=O)Nc1cccnc1)CCCCCC2. The molecule has 0 saturated carbocycles. The molecule has 5 nitrogen and oxygen atoms in total. The van der Waals surface area contributed by atoms with Crippen molar-refractivity contribution in [1.82, 2.24) is 9.97 Å². The van der Waals surface area contributed by atoms with E-state index in [1.807, 2.05) is 12.1 Å². The van der Waals surface area contributed by atoms with Crippen LogP contribution >= 0.6 is 11.8 Å². The van der Waals surface area contributed by atoms with E-state index in [2.05, 4.69) is 16.4 Å². The molecule has 0 spiro atoms. The molecule has 1 aliphatic rings. The second kappa shape index (κ2) is 9.35. The van der Waals surface area contributed by atoms with Gasteiger partial charge in [0.1, 0.15) is 11.1 Å². The summed E-state index contributed by atoms with van der Waals surface area (Å²) in [5.41, 5.74) is 3.67. The summed E-state index contributed by atoms with van der Waals surface area (Å²) in [4.78, 5) is 20.8. The summed E-state index contributed by atoms with van der Waals surface area (Å²) < 4.78 is 0. The van der Waals surface area contributed by atoms with Crippen LogP contribution in [0.4, 0.5) is 5.69 Å². The number of nitrogens with zero attached hydrogens (tertiary/aromatic N) is 3. The summed E-state index contributed by atoms with van der Waals surface area (Å²) in [6.07, 6.45) is 10.5. The molecule has 0 radical (unpaired) electrons. The second-order valence-electron chi connectivity index (χ2n) is 6.36. The Morgan fingerprint density at radius 3 is 2.88 bits per heavy atom. The van der Waals surface area contributed by atoms with Crippen LogP contribution in [0.2, 0.25) is 0 Å². The highest BCUT2D eigenvalue weighted by Crippen LogP contribution is 2.27. The zero-order chi connectivity index (χ0) is 18.2. The van der Waals surface area contributed by atoms with Crippen molar-refractivity contribution in [2.45, 2.75) is 50.0 Å². The predicted molar refractivity (Wildman–Crippen MR) is 103 cm³/mol. The van der Waals surface area contributed by atoms with E-state index >= 15 is 0 Å². The predicted octanol–water partition coefficient (Wildman–Crippen LogP) is 4.13. The van der Waals surface area contributed by atoms with E-state index in [-0.39, 0.29) is 5.91 Å². The van der Waals surface area contributed by atoms with E-state index in [0.717, 1.165) is 30.0 Å². The van der Waals surface area contributed by atoms with Crippen LogP contribution in [0.15, 0.2) is 35.6 Å². The molecule has 1 aliphatic carbocycles. The summed E-state index contributed by atoms with van der Waals surface area (Å²) in [5.74, 6) is 0.530. The number of aromatic nitrogens is 2. The molecule has 0 bridgehead atoms. The monoisotopic (exact) mass is 366 g/mol. The van der Waals surface area contributed by atoms with Crippen LogP contribution in [0.3, 0.4) is 0 Å². The third-order valence-corrected chi connectivity index (χ3v) is 5.39. The Morgan fingerprint density at radius 1 is 1.27 bits per heavy atom. The van der Waals surface area contributed by atoms with E-state index in [1.165, 1.54) is 36.6 Å². The molecule has 2 aromatic heterocycles. The van der Waals surface area contributed by atoms with E-state index in [9.17, 15) is 10.1 Å². The van der Waals surface area contributed by atoms with Crippen molar-refractivity contribution in [2.75, 3.05) is 11.1 Å². The fourth-order valence-corrected chi connectivity index (χ4v) is 3.97. The number of hydrogen-bond donors (Lipinski definition) is 1. The number of amides is 1. The zero-order valence-corrected chi connectivity index (χ0v) is 15.5. The van der Waals surface area contributed by atoms with Gasteiger partial charge in [-0.1, -0.05) is 12.8 Å². The Morgan fingerprint density at radius 2 is 2.12 bits per heavy atom. The van der Waals surface area contributed by atoms with E-state index in [0.29, 0.717) is 23.4 Å². The van der Waals surface area contributed by atoms with Gasteiger partial charge in [-0.3, -0.25) is 9.78 Å². The zero-order valence-electron chi connectivity index (χ0n) is 14.7. The first-order valence-corrected chi connectivity index (χ1v) is 10.0. The van der Waals surface area contributed by atoms with Gasteiger partial charge in [-0.05, 0) is 49.4 Å². The lowest BCUT2D eigenvalue weighted by Crippen LogP contribution is -2.12. The molecule has 0 unspecified atom stereocenters. The van der Waals surface area contributed by atoms with Gasteiger partial charge in [0.05, 0.1) is 17.4 Å². The molecule has 0 aromatic carbocycles. The van der Waals surface area contributed by atoms with E-state index in [1.54, 1.807) is 18.5 Å². The number of aryl methyl sites for hydroxylation is 2. The van der Waals surface area contributed by atoms with Gasteiger partial charge in [0.2, 0.25) is 5.91 Å². The first-order chi connectivity index (χ1) is 12.8. The third-order valence-electron chi connectivity index (χ3n) is 4.40. The number of thioether (sulfide) groups is 1. The normalized spacial score (nSPS) is 13.8. The lowest BCUT2D eigenvalue weighted by Gasteiger charge is -2.15. The Labute approximate surface area is 158 Å². The van der Waals surface area contributed by atoms with Crippen molar-refractivity contribution in [3.8, 4) is 6.07 Å². The highest BCUT2D eigenvalue weighted by Gasteiger charge is 2.14. The fourth-order valence-electron chi connectivity index (χ4n) is 3.06. The lowest BCUT2D eigenvalue weighted by molar-refractivity contribution is -0.115. The van der Waals surface area contributed by atoms with Gasteiger partial charge in [-0.25, -0.2) is 4.98 Å². The van der Waals surface area contributed by atoms with Gasteiger partial charge in [0.25, 0.3) is 0 Å². The molecule has 134 valence electrons. The standard InChI is InChI=1S/C20H22N4OS/c21-13-16-12-15-6-3-1-2-4-8-18(15)24-20(16)26-11-9-19(25)23-17-7-5-10-22-14-17/h5,7,10,12,14H,1-4,6,8-9,11H2,(H,23,25). The minimum Gasteiger partial charge on any atom is -0.325 e. The summed E-state index contributed by atoms with van der Waals surface area (Å²) in [7, 11) is 0. The molecular weight excluding hydrogens is 344 g/mol. The van der Waals surface area contributed by atoms with Gasteiger partial charge in [0, 0.05) is 24.1 Å². The molecule has 2 heterocycles. The molecule has 0 aliphatic heterocycles. The van der Waals surface area contributed by atoms with Crippen molar-refractivity contribution >= 4 is 23.4 Å². The number of hydrogen-bond acceptors (Lipinski definition) is 5. The van der Waals surface area contributed by atoms with Gasteiger partial charge in [-0.15, -0.1) is 11.8 Å². The first kappa shape index (κ1) is 18.4. The second-order valence-corrected chi connectivity index (χ2v) is 7.44. The number of pyridine rings is 2.